The Morgan fingerprint density at radius 3 is 2.60 bits per heavy atom. The van der Waals surface area contributed by atoms with E-state index >= 15 is 0 Å². The van der Waals surface area contributed by atoms with Gasteiger partial charge in [0.05, 0.1) is 13.7 Å². The minimum absolute atomic E-state index is 0.166. The maximum absolute atomic E-state index is 5.85. The summed E-state index contributed by atoms with van der Waals surface area (Å²) in [6.07, 6.45) is 2.94. The second kappa shape index (κ2) is 7.01. The summed E-state index contributed by atoms with van der Waals surface area (Å²) in [4.78, 5) is 0. The monoisotopic (exact) mass is 274 g/mol. The van der Waals surface area contributed by atoms with Crippen LogP contribution in [0.15, 0.2) is 42.6 Å². The number of benzene rings is 1. The van der Waals surface area contributed by atoms with E-state index in [2.05, 4.69) is 16.8 Å². The van der Waals surface area contributed by atoms with E-state index < -0.39 is 0 Å². The smallest absolute Gasteiger partial charge is 0.161 e. The maximum Gasteiger partial charge on any atom is 0.161 e. The lowest BCUT2D eigenvalue weighted by atomic mass is 10.2. The molecule has 108 valence electrons. The molecule has 0 saturated heterocycles. The third-order valence-corrected chi connectivity index (χ3v) is 3.11. The van der Waals surface area contributed by atoms with Gasteiger partial charge in [-0.15, -0.1) is 0 Å². The molecule has 2 aromatic rings. The number of aromatic nitrogens is 1. The quantitative estimate of drug-likeness (QED) is 0.843. The van der Waals surface area contributed by atoms with E-state index in [1.54, 1.807) is 7.11 Å². The molecule has 0 aliphatic rings. The van der Waals surface area contributed by atoms with Gasteiger partial charge in [-0.1, -0.05) is 12.1 Å². The molecule has 1 aromatic heterocycles. The van der Waals surface area contributed by atoms with Gasteiger partial charge in [-0.05, 0) is 31.2 Å². The summed E-state index contributed by atoms with van der Waals surface area (Å²) in [5.74, 6) is 1.53. The van der Waals surface area contributed by atoms with E-state index in [9.17, 15) is 0 Å². The van der Waals surface area contributed by atoms with Gasteiger partial charge < -0.3 is 19.8 Å². The molecule has 0 spiro atoms. The van der Waals surface area contributed by atoms with Gasteiger partial charge in [0.15, 0.2) is 11.5 Å². The van der Waals surface area contributed by atoms with Gasteiger partial charge in [-0.25, -0.2) is 0 Å². The maximum atomic E-state index is 5.85. The highest BCUT2D eigenvalue weighted by Crippen LogP contribution is 2.25. The van der Waals surface area contributed by atoms with Crippen LogP contribution in [0.3, 0.4) is 0 Å². The van der Waals surface area contributed by atoms with Gasteiger partial charge in [0.1, 0.15) is 6.61 Å². The molecule has 2 rings (SSSR count). The fraction of sp³-hybridized carbons (Fsp3) is 0.375. The van der Waals surface area contributed by atoms with Crippen LogP contribution in [-0.2, 0) is 13.0 Å². The molecule has 0 fully saturated rings. The Morgan fingerprint density at radius 2 is 1.90 bits per heavy atom. The Bertz CT molecular complexity index is 535. The normalized spacial score (nSPS) is 12.2. The summed E-state index contributed by atoms with van der Waals surface area (Å²) in [7, 11) is 1.65. The first-order chi connectivity index (χ1) is 9.70. The van der Waals surface area contributed by atoms with E-state index in [1.165, 1.54) is 5.69 Å². The van der Waals surface area contributed by atoms with Gasteiger partial charge in [0, 0.05) is 24.4 Å². The second-order valence-electron chi connectivity index (χ2n) is 4.87. The van der Waals surface area contributed by atoms with Crippen molar-refractivity contribution in [1.82, 2.24) is 4.57 Å². The first-order valence-electron chi connectivity index (χ1n) is 6.86. The average molecular weight is 274 g/mol. The molecule has 0 aliphatic heterocycles. The van der Waals surface area contributed by atoms with Crippen LogP contribution < -0.4 is 15.2 Å². The molecule has 0 amide bonds. The van der Waals surface area contributed by atoms with Crippen LogP contribution in [0.1, 0.15) is 12.6 Å². The highest BCUT2D eigenvalue weighted by atomic mass is 16.5. The predicted molar refractivity (Wildman–Crippen MR) is 80.3 cm³/mol. The van der Waals surface area contributed by atoms with Gasteiger partial charge in [-0.3, -0.25) is 0 Å². The summed E-state index contributed by atoms with van der Waals surface area (Å²) >= 11 is 0. The van der Waals surface area contributed by atoms with Crippen LogP contribution in [0.4, 0.5) is 0 Å². The Kier molecular flexibility index (Phi) is 5.07. The SMILES string of the molecule is COc1ccccc1OCCn1cccc1CC(C)N. The molecule has 1 heterocycles. The predicted octanol–water partition coefficient (Wildman–Crippen LogP) is 2.47. The number of nitrogens with zero attached hydrogens (tertiary/aromatic N) is 1. The molecule has 1 unspecified atom stereocenters. The molecule has 1 aromatic carbocycles. The molecule has 2 N–H and O–H groups in total. The average Bonchev–Trinajstić information content (AvgIpc) is 2.86. The molecule has 4 heteroatoms. The number of nitrogens with two attached hydrogens (primary N) is 1. The zero-order valence-electron chi connectivity index (χ0n) is 12.1. The second-order valence-corrected chi connectivity index (χ2v) is 4.87. The van der Waals surface area contributed by atoms with Crippen LogP contribution in [0.25, 0.3) is 0 Å². The van der Waals surface area contributed by atoms with E-state index in [1.807, 2.05) is 37.3 Å². The molecule has 0 saturated carbocycles. The van der Waals surface area contributed by atoms with Crippen molar-refractivity contribution < 1.29 is 9.47 Å². The van der Waals surface area contributed by atoms with Crippen molar-refractivity contribution in [1.29, 1.82) is 0 Å². The summed E-state index contributed by atoms with van der Waals surface area (Å²) in [5.41, 5.74) is 7.09. The molecule has 0 bridgehead atoms. The standard InChI is InChI=1S/C16H22N2O2/c1-13(17)12-14-6-5-9-18(14)10-11-20-16-8-4-3-7-15(16)19-2/h3-9,13H,10-12,17H2,1-2H3. The molecular weight excluding hydrogens is 252 g/mol. The topological polar surface area (TPSA) is 49.4 Å². The largest absolute Gasteiger partial charge is 0.493 e. The lowest BCUT2D eigenvalue weighted by Crippen LogP contribution is -2.20. The van der Waals surface area contributed by atoms with E-state index in [4.69, 9.17) is 15.2 Å². The van der Waals surface area contributed by atoms with Gasteiger partial charge in [0.25, 0.3) is 0 Å². The molecule has 0 radical (unpaired) electrons. The number of methoxy groups -OCH3 is 1. The lowest BCUT2D eigenvalue weighted by Gasteiger charge is -2.13. The van der Waals surface area contributed by atoms with Crippen LogP contribution in [0.5, 0.6) is 11.5 Å². The highest BCUT2D eigenvalue weighted by Gasteiger charge is 2.05. The van der Waals surface area contributed by atoms with Crippen molar-refractivity contribution in [3.63, 3.8) is 0 Å². The summed E-state index contributed by atoms with van der Waals surface area (Å²) in [6, 6.07) is 12.0. The van der Waals surface area contributed by atoms with Crippen LogP contribution in [0, 0.1) is 0 Å². The summed E-state index contributed by atoms with van der Waals surface area (Å²) in [6.45, 7) is 3.41. The highest BCUT2D eigenvalue weighted by molar-refractivity contribution is 5.39. The van der Waals surface area contributed by atoms with Gasteiger partial charge in [-0.2, -0.15) is 0 Å². The number of para-hydroxylation sites is 2. The third kappa shape index (κ3) is 3.78. The van der Waals surface area contributed by atoms with Crippen molar-refractivity contribution in [3.8, 4) is 11.5 Å². The Hall–Kier alpha value is -1.94. The summed E-state index contributed by atoms with van der Waals surface area (Å²) < 4.78 is 13.2. The number of ether oxygens (including phenoxy) is 2. The van der Waals surface area contributed by atoms with Crippen molar-refractivity contribution >= 4 is 0 Å². The Balaban J connectivity index is 1.91. The number of rotatable bonds is 7. The third-order valence-electron chi connectivity index (χ3n) is 3.11. The zero-order valence-corrected chi connectivity index (χ0v) is 12.1. The minimum atomic E-state index is 0.166. The number of hydrogen-bond acceptors (Lipinski definition) is 3. The van der Waals surface area contributed by atoms with Gasteiger partial charge >= 0.3 is 0 Å². The number of hydrogen-bond donors (Lipinski definition) is 1. The first kappa shape index (κ1) is 14.5. The molecule has 20 heavy (non-hydrogen) atoms. The Labute approximate surface area is 120 Å². The van der Waals surface area contributed by atoms with Crippen LogP contribution in [0.2, 0.25) is 0 Å². The summed E-state index contributed by atoms with van der Waals surface area (Å²) in [5, 5.41) is 0. The molecular formula is C16H22N2O2. The van der Waals surface area contributed by atoms with Crippen LogP contribution in [-0.4, -0.2) is 24.3 Å². The van der Waals surface area contributed by atoms with Gasteiger partial charge in [0.2, 0.25) is 0 Å². The lowest BCUT2D eigenvalue weighted by molar-refractivity contribution is 0.278. The molecule has 1 atom stereocenters. The van der Waals surface area contributed by atoms with Crippen molar-refractivity contribution in [2.24, 2.45) is 5.73 Å². The molecule has 0 aliphatic carbocycles. The van der Waals surface area contributed by atoms with Crippen molar-refractivity contribution in [2.45, 2.75) is 25.9 Å². The van der Waals surface area contributed by atoms with E-state index in [0.29, 0.717) is 6.61 Å². The van der Waals surface area contributed by atoms with Crippen molar-refractivity contribution in [2.75, 3.05) is 13.7 Å². The Morgan fingerprint density at radius 1 is 1.15 bits per heavy atom. The van der Waals surface area contributed by atoms with E-state index in [-0.39, 0.29) is 6.04 Å². The van der Waals surface area contributed by atoms with E-state index in [0.717, 1.165) is 24.5 Å². The fourth-order valence-corrected chi connectivity index (χ4v) is 2.17. The zero-order chi connectivity index (χ0) is 14.4. The van der Waals surface area contributed by atoms with Crippen LogP contribution >= 0.6 is 0 Å². The fourth-order valence-electron chi connectivity index (χ4n) is 2.17. The minimum Gasteiger partial charge on any atom is -0.493 e. The molecule has 4 nitrogen and oxygen atoms in total. The van der Waals surface area contributed by atoms with Crippen molar-refractivity contribution in [3.05, 3.63) is 48.3 Å². The first-order valence-corrected chi connectivity index (χ1v) is 6.86.